The number of amides is 1. The van der Waals surface area contributed by atoms with Gasteiger partial charge in [0.05, 0.1) is 5.92 Å². The third-order valence-corrected chi connectivity index (χ3v) is 7.48. The van der Waals surface area contributed by atoms with E-state index in [9.17, 15) is 13.2 Å². The largest absolute Gasteiger partial charge is 0.360 e. The van der Waals surface area contributed by atoms with Crippen LogP contribution < -0.4 is 5.32 Å². The zero-order chi connectivity index (χ0) is 20.6. The summed E-state index contributed by atoms with van der Waals surface area (Å²) in [4.78, 5) is 13.0. The van der Waals surface area contributed by atoms with Gasteiger partial charge >= 0.3 is 0 Å². The molecule has 1 fully saturated rings. The number of piperidine rings is 1. The topological polar surface area (TPSA) is 92.5 Å². The molecule has 0 bridgehead atoms. The third-order valence-electron chi connectivity index (χ3n) is 5.37. The van der Waals surface area contributed by atoms with Crippen LogP contribution in [-0.2, 0) is 14.8 Å². The summed E-state index contributed by atoms with van der Waals surface area (Å²) in [5.41, 5.74) is 1.07. The van der Waals surface area contributed by atoms with Gasteiger partial charge in [0.2, 0.25) is 15.9 Å². The van der Waals surface area contributed by atoms with Crippen LogP contribution in [-0.4, -0.2) is 36.9 Å². The fraction of sp³-hybridized carbons (Fsp3) is 0.333. The van der Waals surface area contributed by atoms with Crippen molar-refractivity contribution >= 4 is 32.4 Å². The van der Waals surface area contributed by atoms with Crippen LogP contribution in [0.4, 0.5) is 5.69 Å². The van der Waals surface area contributed by atoms with Crippen molar-refractivity contribution in [2.45, 2.75) is 31.6 Å². The average Bonchev–Trinajstić information content (AvgIpc) is 3.07. The van der Waals surface area contributed by atoms with Crippen LogP contribution in [0.3, 0.4) is 0 Å². The van der Waals surface area contributed by atoms with Gasteiger partial charge in [-0.25, -0.2) is 8.42 Å². The lowest BCUT2D eigenvalue weighted by atomic mass is 9.98. The number of aryl methyl sites for hydroxylation is 2. The van der Waals surface area contributed by atoms with Gasteiger partial charge < -0.3 is 9.84 Å². The first-order valence-corrected chi connectivity index (χ1v) is 11.0. The highest BCUT2D eigenvalue weighted by atomic mass is 32.2. The fourth-order valence-electron chi connectivity index (χ4n) is 3.92. The fourth-order valence-corrected chi connectivity index (χ4v) is 5.73. The van der Waals surface area contributed by atoms with Gasteiger partial charge in [-0.15, -0.1) is 0 Å². The molecular formula is C21H23N3O4S. The maximum absolute atomic E-state index is 13.1. The standard InChI is InChI=1S/C21H23N3O4S/c1-14-20(15(2)28-23-14)29(26,27)24-12-6-9-17(13-24)21(25)22-19-11-5-8-16-7-3-4-10-18(16)19/h3-5,7-8,10-11,17H,6,9,12-13H2,1-2H3,(H,22,25). The van der Waals surface area contributed by atoms with Crippen molar-refractivity contribution in [3.63, 3.8) is 0 Å². The second-order valence-electron chi connectivity index (χ2n) is 7.37. The number of rotatable bonds is 4. The number of aromatic nitrogens is 1. The molecule has 1 aromatic heterocycles. The predicted octanol–water partition coefficient (Wildman–Crippen LogP) is 3.48. The van der Waals surface area contributed by atoms with Crippen molar-refractivity contribution in [2.75, 3.05) is 18.4 Å². The second-order valence-corrected chi connectivity index (χ2v) is 9.25. The Balaban J connectivity index is 1.55. The normalized spacial score (nSPS) is 18.1. The highest BCUT2D eigenvalue weighted by molar-refractivity contribution is 7.89. The van der Waals surface area contributed by atoms with Gasteiger partial charge in [-0.2, -0.15) is 4.31 Å². The highest BCUT2D eigenvalue weighted by Gasteiger charge is 2.36. The first-order valence-electron chi connectivity index (χ1n) is 9.59. The Morgan fingerprint density at radius 3 is 2.69 bits per heavy atom. The molecule has 4 rings (SSSR count). The Kier molecular flexibility index (Phi) is 5.14. The molecule has 0 radical (unpaired) electrons. The number of hydrogen-bond acceptors (Lipinski definition) is 5. The van der Waals surface area contributed by atoms with Crippen LogP contribution in [0, 0.1) is 19.8 Å². The number of anilines is 1. The molecule has 1 amide bonds. The molecule has 2 heterocycles. The molecule has 1 saturated heterocycles. The number of hydrogen-bond donors (Lipinski definition) is 1. The molecule has 1 aliphatic heterocycles. The smallest absolute Gasteiger partial charge is 0.248 e. The van der Waals surface area contributed by atoms with Gasteiger partial charge in [-0.1, -0.05) is 41.6 Å². The molecular weight excluding hydrogens is 390 g/mol. The van der Waals surface area contributed by atoms with E-state index in [0.29, 0.717) is 25.1 Å². The van der Waals surface area contributed by atoms with Crippen molar-refractivity contribution in [1.29, 1.82) is 0 Å². The molecule has 1 N–H and O–H groups in total. The van der Waals surface area contributed by atoms with Crippen molar-refractivity contribution in [3.05, 3.63) is 53.9 Å². The van der Waals surface area contributed by atoms with Gasteiger partial charge in [-0.05, 0) is 38.1 Å². The van der Waals surface area contributed by atoms with E-state index < -0.39 is 15.9 Å². The summed E-state index contributed by atoms with van der Waals surface area (Å²) in [5.74, 6) is -0.317. The Labute approximate surface area is 169 Å². The van der Waals surface area contributed by atoms with Crippen molar-refractivity contribution in [2.24, 2.45) is 5.92 Å². The van der Waals surface area contributed by atoms with E-state index in [1.165, 1.54) is 4.31 Å². The van der Waals surface area contributed by atoms with E-state index >= 15 is 0 Å². The minimum Gasteiger partial charge on any atom is -0.360 e. The summed E-state index contributed by atoms with van der Waals surface area (Å²) in [5, 5.41) is 8.75. The quantitative estimate of drug-likeness (QED) is 0.707. The lowest BCUT2D eigenvalue weighted by Gasteiger charge is -2.31. The van der Waals surface area contributed by atoms with E-state index in [1.807, 2.05) is 42.5 Å². The van der Waals surface area contributed by atoms with Crippen LogP contribution >= 0.6 is 0 Å². The molecule has 0 saturated carbocycles. The lowest BCUT2D eigenvalue weighted by Crippen LogP contribution is -2.43. The third kappa shape index (κ3) is 3.65. The Hall–Kier alpha value is -2.71. The van der Waals surface area contributed by atoms with Gasteiger partial charge in [0.25, 0.3) is 0 Å². The number of carbonyl (C=O) groups excluding carboxylic acids is 1. The van der Waals surface area contributed by atoms with Crippen molar-refractivity contribution in [3.8, 4) is 0 Å². The maximum atomic E-state index is 13.1. The summed E-state index contributed by atoms with van der Waals surface area (Å²) in [6, 6.07) is 13.6. The predicted molar refractivity (Wildman–Crippen MR) is 110 cm³/mol. The van der Waals surface area contributed by atoms with Crippen LogP contribution in [0.2, 0.25) is 0 Å². The van der Waals surface area contributed by atoms with E-state index in [2.05, 4.69) is 10.5 Å². The van der Waals surface area contributed by atoms with Crippen LogP contribution in [0.1, 0.15) is 24.3 Å². The van der Waals surface area contributed by atoms with Crippen LogP contribution in [0.25, 0.3) is 10.8 Å². The Morgan fingerprint density at radius 2 is 1.93 bits per heavy atom. The summed E-state index contributed by atoms with van der Waals surface area (Å²) in [6.45, 7) is 3.72. The number of benzene rings is 2. The summed E-state index contributed by atoms with van der Waals surface area (Å²) in [6.07, 6.45) is 1.26. The molecule has 1 atom stereocenters. The van der Waals surface area contributed by atoms with Gasteiger partial charge in [0.1, 0.15) is 10.6 Å². The van der Waals surface area contributed by atoms with Crippen molar-refractivity contribution < 1.29 is 17.7 Å². The molecule has 3 aromatic rings. The molecule has 0 aliphatic carbocycles. The zero-order valence-electron chi connectivity index (χ0n) is 16.4. The number of fused-ring (bicyclic) bond motifs is 1. The molecule has 1 aliphatic rings. The van der Waals surface area contributed by atoms with Crippen LogP contribution in [0.5, 0.6) is 0 Å². The molecule has 1 unspecified atom stereocenters. The monoisotopic (exact) mass is 413 g/mol. The maximum Gasteiger partial charge on any atom is 0.248 e. The SMILES string of the molecule is Cc1noc(C)c1S(=O)(=O)N1CCCC(C(=O)Nc2cccc3ccccc23)C1. The van der Waals surface area contributed by atoms with Gasteiger partial charge in [-0.3, -0.25) is 4.79 Å². The van der Waals surface area contributed by atoms with E-state index in [-0.39, 0.29) is 23.1 Å². The number of sulfonamides is 1. The first-order chi connectivity index (χ1) is 13.9. The highest BCUT2D eigenvalue weighted by Crippen LogP contribution is 2.29. The zero-order valence-corrected chi connectivity index (χ0v) is 17.2. The van der Waals surface area contributed by atoms with E-state index in [4.69, 9.17) is 4.52 Å². The molecule has 152 valence electrons. The first kappa shape index (κ1) is 19.6. The molecule has 2 aromatic carbocycles. The molecule has 29 heavy (non-hydrogen) atoms. The Morgan fingerprint density at radius 1 is 1.17 bits per heavy atom. The molecule has 8 heteroatoms. The number of nitrogens with one attached hydrogen (secondary N) is 1. The molecule has 0 spiro atoms. The van der Waals surface area contributed by atoms with E-state index in [0.717, 1.165) is 16.5 Å². The van der Waals surface area contributed by atoms with Gasteiger partial charge in [0.15, 0.2) is 5.76 Å². The lowest BCUT2D eigenvalue weighted by molar-refractivity contribution is -0.120. The summed E-state index contributed by atoms with van der Waals surface area (Å²) < 4.78 is 32.6. The second kappa shape index (κ2) is 7.61. The van der Waals surface area contributed by atoms with Gasteiger partial charge in [0, 0.05) is 24.2 Å². The number of carbonyl (C=O) groups is 1. The summed E-state index contributed by atoms with van der Waals surface area (Å²) >= 11 is 0. The van der Waals surface area contributed by atoms with Crippen molar-refractivity contribution in [1.82, 2.24) is 9.46 Å². The minimum absolute atomic E-state index is 0.104. The average molecular weight is 413 g/mol. The van der Waals surface area contributed by atoms with Crippen LogP contribution in [0.15, 0.2) is 51.9 Å². The molecule has 7 nitrogen and oxygen atoms in total. The van der Waals surface area contributed by atoms with E-state index in [1.54, 1.807) is 13.8 Å². The minimum atomic E-state index is -3.76. The Bertz CT molecular complexity index is 1140. The summed E-state index contributed by atoms with van der Waals surface area (Å²) in [7, 11) is -3.76. The number of nitrogens with zero attached hydrogens (tertiary/aromatic N) is 2.